The van der Waals surface area contributed by atoms with Crippen molar-refractivity contribution in [3.63, 3.8) is 0 Å². The lowest BCUT2D eigenvalue weighted by Crippen LogP contribution is -2.41. The molecule has 1 saturated heterocycles. The Labute approximate surface area is 207 Å². The molecule has 1 aliphatic carbocycles. The molecule has 2 fully saturated rings. The van der Waals surface area contributed by atoms with E-state index < -0.39 is 9.84 Å². The molecule has 3 atom stereocenters. The summed E-state index contributed by atoms with van der Waals surface area (Å²) in [5, 5.41) is 8.72. The number of carbonyl (C=O) groups excluding carboxylic acids is 1. The van der Waals surface area contributed by atoms with Crippen LogP contribution in [0.15, 0.2) is 30.3 Å². The number of nitrogens with zero attached hydrogens (tertiary/aromatic N) is 3. The van der Waals surface area contributed by atoms with E-state index in [9.17, 15) is 13.2 Å². The van der Waals surface area contributed by atoms with Crippen LogP contribution < -0.4 is 5.32 Å². The molecule has 5 rings (SSSR count). The van der Waals surface area contributed by atoms with Crippen LogP contribution in [0.1, 0.15) is 73.6 Å². The Kier molecular flexibility index (Phi) is 6.42. The first-order valence-electron chi connectivity index (χ1n) is 12.8. The summed E-state index contributed by atoms with van der Waals surface area (Å²) in [6.07, 6.45) is 5.91. The van der Waals surface area contributed by atoms with Crippen LogP contribution in [-0.2, 0) is 16.3 Å². The van der Waals surface area contributed by atoms with Gasteiger partial charge in [0.1, 0.15) is 0 Å². The van der Waals surface area contributed by atoms with Crippen molar-refractivity contribution in [3.05, 3.63) is 47.2 Å². The highest BCUT2D eigenvalue weighted by Gasteiger charge is 2.33. The van der Waals surface area contributed by atoms with E-state index in [0.29, 0.717) is 40.3 Å². The van der Waals surface area contributed by atoms with Gasteiger partial charge in [-0.3, -0.25) is 4.79 Å². The second-order valence-corrected chi connectivity index (χ2v) is 12.5. The Morgan fingerprint density at radius 1 is 1.14 bits per heavy atom. The number of pyridine rings is 1. The van der Waals surface area contributed by atoms with Crippen LogP contribution >= 0.6 is 0 Å². The quantitative estimate of drug-likeness (QED) is 0.558. The molecular weight excluding hydrogens is 460 g/mol. The van der Waals surface area contributed by atoms with E-state index in [4.69, 9.17) is 10.1 Å². The van der Waals surface area contributed by atoms with Gasteiger partial charge in [-0.1, -0.05) is 51.0 Å². The van der Waals surface area contributed by atoms with Crippen LogP contribution in [0, 0.1) is 12.8 Å². The summed E-state index contributed by atoms with van der Waals surface area (Å²) < 4.78 is 26.2. The number of fused-ring (bicyclic) bond motifs is 1. The predicted molar refractivity (Wildman–Crippen MR) is 138 cm³/mol. The van der Waals surface area contributed by atoms with E-state index in [1.807, 2.05) is 25.1 Å². The van der Waals surface area contributed by atoms with Crippen LogP contribution in [0.25, 0.3) is 22.3 Å². The Morgan fingerprint density at radius 3 is 2.54 bits per heavy atom. The minimum atomic E-state index is -3.09. The maximum absolute atomic E-state index is 13.7. The first kappa shape index (κ1) is 24.0. The van der Waals surface area contributed by atoms with Gasteiger partial charge in [0.2, 0.25) is 0 Å². The predicted octanol–water partition coefficient (Wildman–Crippen LogP) is 4.64. The highest BCUT2D eigenvalue weighted by Crippen LogP contribution is 2.33. The van der Waals surface area contributed by atoms with E-state index in [1.165, 1.54) is 12.0 Å². The number of hydrogen-bond acceptors (Lipinski definition) is 5. The highest BCUT2D eigenvalue weighted by molar-refractivity contribution is 7.91. The fourth-order valence-corrected chi connectivity index (χ4v) is 7.24. The maximum Gasteiger partial charge on any atom is 0.252 e. The first-order valence-corrected chi connectivity index (χ1v) is 14.6. The lowest BCUT2D eigenvalue weighted by Gasteiger charge is -2.29. The fourth-order valence-electron chi connectivity index (χ4n) is 5.55. The molecule has 186 valence electrons. The van der Waals surface area contributed by atoms with Gasteiger partial charge in [0.15, 0.2) is 15.5 Å². The number of aryl methyl sites for hydroxylation is 2. The summed E-state index contributed by atoms with van der Waals surface area (Å²) in [7, 11) is -3.09. The van der Waals surface area contributed by atoms with E-state index in [2.05, 4.69) is 31.3 Å². The zero-order valence-electron chi connectivity index (χ0n) is 20.8. The van der Waals surface area contributed by atoms with Gasteiger partial charge in [0, 0.05) is 11.6 Å². The molecule has 1 N–H and O–H groups in total. The lowest BCUT2D eigenvalue weighted by atomic mass is 9.86. The van der Waals surface area contributed by atoms with Crippen LogP contribution in [-0.4, -0.2) is 46.6 Å². The second-order valence-electron chi connectivity index (χ2n) is 10.2. The minimum Gasteiger partial charge on any atom is -0.349 e. The molecular formula is C27H34N4O3S. The molecule has 3 unspecified atom stereocenters. The molecule has 0 spiro atoms. The largest absolute Gasteiger partial charge is 0.349 e. The second kappa shape index (κ2) is 9.37. The molecule has 1 amide bonds. The van der Waals surface area contributed by atoms with Crippen LogP contribution in [0.5, 0.6) is 0 Å². The van der Waals surface area contributed by atoms with E-state index in [-0.39, 0.29) is 29.5 Å². The summed E-state index contributed by atoms with van der Waals surface area (Å²) >= 11 is 0. The van der Waals surface area contributed by atoms with E-state index in [1.54, 1.807) is 4.68 Å². The molecule has 0 bridgehead atoms. The van der Waals surface area contributed by atoms with E-state index in [0.717, 1.165) is 31.2 Å². The zero-order chi connectivity index (χ0) is 24.7. The first-order chi connectivity index (χ1) is 16.8. The molecule has 1 saturated carbocycles. The normalized spacial score (nSPS) is 24.0. The Bertz CT molecular complexity index is 1360. The van der Waals surface area contributed by atoms with Gasteiger partial charge in [-0.25, -0.2) is 18.1 Å². The number of amides is 1. The molecule has 3 heterocycles. The third-order valence-electron chi connectivity index (χ3n) is 7.72. The molecule has 2 aliphatic rings. The van der Waals surface area contributed by atoms with Crippen molar-refractivity contribution >= 4 is 26.8 Å². The topological polar surface area (TPSA) is 94.0 Å². The number of hydrogen-bond donors (Lipinski definition) is 1. The molecule has 1 aromatic carbocycles. The lowest BCUT2D eigenvalue weighted by molar-refractivity contribution is 0.0912. The molecule has 8 heteroatoms. The smallest absolute Gasteiger partial charge is 0.252 e. The molecule has 7 nitrogen and oxygen atoms in total. The van der Waals surface area contributed by atoms with Gasteiger partial charge in [0.05, 0.1) is 39.9 Å². The van der Waals surface area contributed by atoms with Gasteiger partial charge in [-0.15, -0.1) is 0 Å². The van der Waals surface area contributed by atoms with Crippen molar-refractivity contribution in [2.75, 3.05) is 11.5 Å². The molecule has 1 aliphatic heterocycles. The average molecular weight is 495 g/mol. The number of nitrogens with one attached hydrogen (secondary N) is 1. The highest BCUT2D eigenvalue weighted by atomic mass is 32.2. The SMILES string of the molecule is CCc1ccc(-c2cc(C(=O)NC3CCCCC3C)c3c(C)nn(C4CCS(=O)(=O)C4)c3n2)cc1. The number of benzene rings is 1. The van der Waals surface area contributed by atoms with Crippen molar-refractivity contribution in [1.29, 1.82) is 0 Å². The number of sulfone groups is 1. The molecule has 2 aromatic heterocycles. The third-order valence-corrected chi connectivity index (χ3v) is 9.47. The summed E-state index contributed by atoms with van der Waals surface area (Å²) in [5.41, 5.74) is 4.70. The van der Waals surface area contributed by atoms with Crippen molar-refractivity contribution < 1.29 is 13.2 Å². The van der Waals surface area contributed by atoms with Crippen molar-refractivity contribution in [2.24, 2.45) is 5.92 Å². The average Bonchev–Trinajstić information content (AvgIpc) is 3.38. The Balaban J connectivity index is 1.63. The Morgan fingerprint density at radius 2 is 1.89 bits per heavy atom. The fraction of sp³-hybridized carbons (Fsp3) is 0.519. The molecule has 3 aromatic rings. The monoisotopic (exact) mass is 494 g/mol. The standard InChI is InChI=1S/C27H34N4O3S/c1-4-19-9-11-20(12-10-19)24-15-22(27(32)29-23-8-6-5-7-17(23)2)25-18(3)30-31(26(25)28-24)21-13-14-35(33,34)16-21/h9-12,15,17,21,23H,4-8,13-14,16H2,1-3H3,(H,29,32). The number of aromatic nitrogens is 3. The van der Waals surface area contributed by atoms with Gasteiger partial charge in [-0.05, 0) is 50.2 Å². The summed E-state index contributed by atoms with van der Waals surface area (Å²) in [5.74, 6) is 0.549. The van der Waals surface area contributed by atoms with Crippen LogP contribution in [0.2, 0.25) is 0 Å². The van der Waals surface area contributed by atoms with Gasteiger partial charge in [-0.2, -0.15) is 5.10 Å². The maximum atomic E-state index is 13.7. The third kappa shape index (κ3) is 4.73. The molecule has 35 heavy (non-hydrogen) atoms. The van der Waals surface area contributed by atoms with Crippen molar-refractivity contribution in [1.82, 2.24) is 20.1 Å². The summed E-state index contributed by atoms with van der Waals surface area (Å²) in [6.45, 7) is 6.20. The van der Waals surface area contributed by atoms with Gasteiger partial charge < -0.3 is 5.32 Å². The minimum absolute atomic E-state index is 0.0570. The van der Waals surface area contributed by atoms with Crippen LogP contribution in [0.4, 0.5) is 0 Å². The van der Waals surface area contributed by atoms with Gasteiger partial charge >= 0.3 is 0 Å². The molecule has 0 radical (unpaired) electrons. The van der Waals surface area contributed by atoms with E-state index >= 15 is 0 Å². The zero-order valence-corrected chi connectivity index (χ0v) is 21.6. The van der Waals surface area contributed by atoms with Crippen molar-refractivity contribution in [3.8, 4) is 11.3 Å². The summed E-state index contributed by atoms with van der Waals surface area (Å²) in [6, 6.07) is 9.99. The van der Waals surface area contributed by atoms with Gasteiger partial charge in [0.25, 0.3) is 5.91 Å². The number of rotatable bonds is 5. The van der Waals surface area contributed by atoms with Crippen molar-refractivity contribution in [2.45, 2.75) is 71.4 Å². The number of carbonyl (C=O) groups is 1. The Hall–Kier alpha value is -2.74. The van der Waals surface area contributed by atoms with Crippen LogP contribution in [0.3, 0.4) is 0 Å². The summed E-state index contributed by atoms with van der Waals surface area (Å²) in [4.78, 5) is 18.6.